The third-order valence-electron chi connectivity index (χ3n) is 10.0. The summed E-state index contributed by atoms with van der Waals surface area (Å²) in [5.41, 5.74) is 12.4. The van der Waals surface area contributed by atoms with Crippen LogP contribution in [0.15, 0.2) is 72.8 Å². The van der Waals surface area contributed by atoms with Crippen LogP contribution in [0.1, 0.15) is 60.4 Å². The van der Waals surface area contributed by atoms with Crippen molar-refractivity contribution in [1.82, 2.24) is 20.9 Å². The van der Waals surface area contributed by atoms with E-state index in [0.717, 1.165) is 50.1 Å². The summed E-state index contributed by atoms with van der Waals surface area (Å²) in [6.45, 7) is 6.94. The van der Waals surface area contributed by atoms with E-state index in [1.165, 1.54) is 29.7 Å². The summed E-state index contributed by atoms with van der Waals surface area (Å²) < 4.78 is 0. The van der Waals surface area contributed by atoms with Gasteiger partial charge in [0.25, 0.3) is 0 Å². The monoisotopic (exact) mass is 642 g/mol. The van der Waals surface area contributed by atoms with Crippen LogP contribution in [0.25, 0.3) is 0 Å². The molecule has 2 heterocycles. The minimum Gasteiger partial charge on any atom is -0.368 e. The number of piperazine rings is 1. The average molecular weight is 643 g/mol. The molecule has 244 valence electrons. The van der Waals surface area contributed by atoms with Gasteiger partial charge in [0.2, 0.25) is 11.8 Å². The van der Waals surface area contributed by atoms with Gasteiger partial charge >= 0.3 is 0 Å². The molecule has 0 bridgehead atoms. The third kappa shape index (κ3) is 7.58. The van der Waals surface area contributed by atoms with Crippen molar-refractivity contribution in [3.8, 4) is 0 Å². The molecule has 2 aliphatic heterocycles. The summed E-state index contributed by atoms with van der Waals surface area (Å²) in [6, 6.07) is 23.5. The number of hydrogen-bond acceptors (Lipinski definition) is 6. The standard InChI is InChI=1S/C37H47ClN6O2/c1-25(41-29-8-6-18-40-24-29)30-9-4-5-11-34(30)43-19-21-44(22-20-43)37(46)33(23-26-12-15-28(38)16-13-26)42-36(45)35(39)32-17-14-27-7-2-3-10-31(27)32/h2-5,7,9-13,15-16,25,29,32-33,35,40-41H,6,8,14,17-24,39H2,1H3,(H,42,45)/t25?,29?,32?,33-,35?/m1/s1. The molecule has 0 aromatic heterocycles. The molecule has 0 saturated carbocycles. The van der Waals surface area contributed by atoms with Crippen LogP contribution in [-0.4, -0.2) is 74.1 Å². The Bertz CT molecular complexity index is 1490. The van der Waals surface area contributed by atoms with E-state index in [4.69, 9.17) is 17.3 Å². The first kappa shape index (κ1) is 32.5. The Morgan fingerprint density at radius 1 is 0.978 bits per heavy atom. The van der Waals surface area contributed by atoms with Crippen LogP contribution in [0.3, 0.4) is 0 Å². The summed E-state index contributed by atoms with van der Waals surface area (Å²) in [7, 11) is 0. The summed E-state index contributed by atoms with van der Waals surface area (Å²) in [4.78, 5) is 32.0. The minimum absolute atomic E-state index is 0.0580. The van der Waals surface area contributed by atoms with Gasteiger partial charge < -0.3 is 31.5 Å². The number of piperidine rings is 1. The molecule has 1 aliphatic carbocycles. The highest BCUT2D eigenvalue weighted by molar-refractivity contribution is 6.30. The molecule has 5 atom stereocenters. The highest BCUT2D eigenvalue weighted by Crippen LogP contribution is 2.35. The number of hydrogen-bond donors (Lipinski definition) is 4. The largest absolute Gasteiger partial charge is 0.368 e. The van der Waals surface area contributed by atoms with Crippen molar-refractivity contribution in [1.29, 1.82) is 0 Å². The van der Waals surface area contributed by atoms with Gasteiger partial charge in [0.1, 0.15) is 6.04 Å². The molecule has 0 spiro atoms. The van der Waals surface area contributed by atoms with Crippen LogP contribution < -0.4 is 26.6 Å². The minimum atomic E-state index is -0.725. The number of carbonyl (C=O) groups is 2. The Labute approximate surface area is 278 Å². The average Bonchev–Trinajstić information content (AvgIpc) is 3.53. The van der Waals surface area contributed by atoms with Gasteiger partial charge in [0, 0.05) is 67.9 Å². The maximum Gasteiger partial charge on any atom is 0.245 e. The van der Waals surface area contributed by atoms with Crippen LogP contribution in [-0.2, 0) is 22.4 Å². The number of fused-ring (bicyclic) bond motifs is 1. The molecule has 3 aromatic carbocycles. The molecule has 8 nitrogen and oxygen atoms in total. The number of rotatable bonds is 10. The van der Waals surface area contributed by atoms with Crippen molar-refractivity contribution in [3.63, 3.8) is 0 Å². The van der Waals surface area contributed by atoms with Gasteiger partial charge in [-0.2, -0.15) is 0 Å². The second-order valence-corrected chi connectivity index (χ2v) is 13.5. The van der Waals surface area contributed by atoms with Crippen LogP contribution in [0.4, 0.5) is 5.69 Å². The Morgan fingerprint density at radius 3 is 2.48 bits per heavy atom. The van der Waals surface area contributed by atoms with E-state index in [1.807, 2.05) is 41.3 Å². The number of nitrogens with zero attached hydrogens (tertiary/aromatic N) is 2. The Hall–Kier alpha value is -3.43. The molecule has 0 radical (unpaired) electrons. The van der Waals surface area contributed by atoms with E-state index in [1.54, 1.807) is 0 Å². The van der Waals surface area contributed by atoms with Crippen LogP contribution in [0.2, 0.25) is 5.02 Å². The molecule has 3 aromatic rings. The van der Waals surface area contributed by atoms with Crippen LogP contribution >= 0.6 is 11.6 Å². The summed E-state index contributed by atoms with van der Waals surface area (Å²) in [6.07, 6.45) is 4.50. The zero-order valence-electron chi connectivity index (χ0n) is 26.8. The lowest BCUT2D eigenvalue weighted by Gasteiger charge is -2.39. The van der Waals surface area contributed by atoms with Crippen molar-refractivity contribution in [2.75, 3.05) is 44.2 Å². The predicted octanol–water partition coefficient (Wildman–Crippen LogP) is 4.18. The quantitative estimate of drug-likeness (QED) is 0.265. The zero-order chi connectivity index (χ0) is 32.0. The van der Waals surface area contributed by atoms with Gasteiger partial charge in [0.05, 0.1) is 6.04 Å². The molecule has 9 heteroatoms. The van der Waals surface area contributed by atoms with Gasteiger partial charge in [-0.05, 0) is 79.6 Å². The van der Waals surface area contributed by atoms with Crippen LogP contribution in [0.5, 0.6) is 0 Å². The molecule has 3 aliphatic rings. The number of benzene rings is 3. The van der Waals surface area contributed by atoms with E-state index in [-0.39, 0.29) is 23.8 Å². The molecular weight excluding hydrogens is 596 g/mol. The fourth-order valence-electron chi connectivity index (χ4n) is 7.44. The smallest absolute Gasteiger partial charge is 0.245 e. The molecular formula is C37H47ClN6O2. The predicted molar refractivity (Wildman–Crippen MR) is 185 cm³/mol. The molecule has 46 heavy (non-hydrogen) atoms. The van der Waals surface area contributed by atoms with Gasteiger partial charge in [-0.3, -0.25) is 9.59 Å². The number of aryl methyl sites for hydroxylation is 1. The number of anilines is 1. The van der Waals surface area contributed by atoms with Crippen molar-refractivity contribution in [3.05, 3.63) is 100 Å². The van der Waals surface area contributed by atoms with E-state index < -0.39 is 12.1 Å². The third-order valence-corrected chi connectivity index (χ3v) is 10.3. The molecule has 2 fully saturated rings. The first-order valence-corrected chi connectivity index (χ1v) is 17.2. The van der Waals surface area contributed by atoms with Gasteiger partial charge in [-0.1, -0.05) is 66.2 Å². The fraction of sp³-hybridized carbons (Fsp3) is 0.459. The maximum absolute atomic E-state index is 14.1. The van der Waals surface area contributed by atoms with Crippen molar-refractivity contribution in [2.45, 2.75) is 69.1 Å². The normalized spacial score (nSPS) is 21.7. The molecule has 2 saturated heterocycles. The lowest BCUT2D eigenvalue weighted by molar-refractivity contribution is -0.137. The molecule has 5 N–H and O–H groups in total. The van der Waals surface area contributed by atoms with E-state index >= 15 is 0 Å². The summed E-state index contributed by atoms with van der Waals surface area (Å²) in [5.74, 6) is -0.413. The Kier molecular flexibility index (Phi) is 10.6. The van der Waals surface area contributed by atoms with Gasteiger partial charge in [-0.15, -0.1) is 0 Å². The topological polar surface area (TPSA) is 103 Å². The lowest BCUT2D eigenvalue weighted by Crippen LogP contribution is -2.58. The highest BCUT2D eigenvalue weighted by atomic mass is 35.5. The number of halogens is 1. The van der Waals surface area contributed by atoms with Crippen molar-refractivity contribution in [2.24, 2.45) is 5.73 Å². The van der Waals surface area contributed by atoms with Crippen molar-refractivity contribution >= 4 is 29.1 Å². The first-order valence-electron chi connectivity index (χ1n) is 16.8. The van der Waals surface area contributed by atoms with E-state index in [2.05, 4.69) is 64.2 Å². The Morgan fingerprint density at radius 2 is 1.72 bits per heavy atom. The first-order chi connectivity index (χ1) is 22.4. The van der Waals surface area contributed by atoms with Crippen molar-refractivity contribution < 1.29 is 9.59 Å². The number of nitrogens with two attached hydrogens (primary N) is 1. The molecule has 6 rings (SSSR count). The highest BCUT2D eigenvalue weighted by Gasteiger charge is 2.35. The maximum atomic E-state index is 14.1. The fourth-order valence-corrected chi connectivity index (χ4v) is 7.56. The zero-order valence-corrected chi connectivity index (χ0v) is 27.5. The second-order valence-electron chi connectivity index (χ2n) is 13.1. The van der Waals surface area contributed by atoms with E-state index in [0.29, 0.717) is 30.6 Å². The number of carbonyl (C=O) groups excluding carboxylic acids is 2. The number of para-hydroxylation sites is 1. The van der Waals surface area contributed by atoms with Crippen LogP contribution in [0, 0.1) is 0 Å². The number of amides is 2. The Balaban J connectivity index is 1.12. The molecule has 2 amide bonds. The SMILES string of the molecule is CC(NC1CCCNC1)c1ccccc1N1CCN(C(=O)[C@@H](Cc2ccc(Cl)cc2)NC(=O)C(N)C2CCc3ccccc32)CC1. The van der Waals surface area contributed by atoms with Gasteiger partial charge in [0.15, 0.2) is 0 Å². The second kappa shape index (κ2) is 15.0. The summed E-state index contributed by atoms with van der Waals surface area (Å²) >= 11 is 6.14. The summed E-state index contributed by atoms with van der Waals surface area (Å²) in [5, 5.41) is 11.0. The number of nitrogens with one attached hydrogen (secondary N) is 3. The molecule has 4 unspecified atom stereocenters. The lowest BCUT2D eigenvalue weighted by atomic mass is 9.92. The van der Waals surface area contributed by atoms with Gasteiger partial charge in [-0.25, -0.2) is 0 Å². The van der Waals surface area contributed by atoms with E-state index in [9.17, 15) is 9.59 Å².